The molecule has 4 N–H and O–H groups in total. The zero-order valence-corrected chi connectivity index (χ0v) is 18.2. The third-order valence-corrected chi connectivity index (χ3v) is 5.01. The summed E-state index contributed by atoms with van der Waals surface area (Å²) < 4.78 is 5.71. The van der Waals surface area contributed by atoms with E-state index in [9.17, 15) is 4.79 Å². The van der Waals surface area contributed by atoms with Crippen molar-refractivity contribution in [3.8, 4) is 0 Å². The van der Waals surface area contributed by atoms with Crippen LogP contribution in [0.15, 0.2) is 16.6 Å². The van der Waals surface area contributed by atoms with Crippen LogP contribution in [0.4, 0.5) is 5.69 Å². The van der Waals surface area contributed by atoms with Crippen molar-refractivity contribution in [2.75, 3.05) is 32.0 Å². The Balaban J connectivity index is 0.00000625. The van der Waals surface area contributed by atoms with E-state index >= 15 is 0 Å². The van der Waals surface area contributed by atoms with Gasteiger partial charge in [-0.25, -0.2) is 4.79 Å². The molecule has 1 aromatic rings. The molecule has 0 aliphatic carbocycles. The maximum atomic E-state index is 12.0. The van der Waals surface area contributed by atoms with Crippen LogP contribution in [0.1, 0.15) is 61.9 Å². The van der Waals surface area contributed by atoms with Gasteiger partial charge in [-0.05, 0) is 47.8 Å². The van der Waals surface area contributed by atoms with Crippen molar-refractivity contribution >= 4 is 27.6 Å². The third-order valence-electron chi connectivity index (χ3n) is 4.35. The first kappa shape index (κ1) is 25.2. The number of nitrogen functional groups attached to an aromatic ring is 1. The van der Waals surface area contributed by atoms with Crippen molar-refractivity contribution < 1.29 is 31.9 Å². The summed E-state index contributed by atoms with van der Waals surface area (Å²) in [5.74, 6) is -0.436. The van der Waals surface area contributed by atoms with E-state index in [1.807, 2.05) is 6.07 Å². The number of rotatable bonds is 12. The second kappa shape index (κ2) is 14.3. The van der Waals surface area contributed by atoms with Crippen molar-refractivity contribution in [1.29, 1.82) is 0 Å². The molecule has 0 aromatic heterocycles. The average molecular weight is 452 g/mol. The highest BCUT2D eigenvalue weighted by molar-refractivity contribution is 9.10. The number of quaternary nitrogens is 1. The maximum Gasteiger partial charge on any atom is 0.338 e. The Hall–Kier alpha value is -0.820. The lowest BCUT2D eigenvalue weighted by molar-refractivity contribution is -0.912. The van der Waals surface area contributed by atoms with Crippen molar-refractivity contribution in [2.24, 2.45) is 0 Å². The van der Waals surface area contributed by atoms with Crippen LogP contribution < -0.4 is 23.0 Å². The molecule has 150 valence electrons. The van der Waals surface area contributed by atoms with Gasteiger partial charge in [0.15, 0.2) is 0 Å². The van der Waals surface area contributed by atoms with Crippen molar-refractivity contribution in [2.45, 2.75) is 52.5 Å². The number of nitrogens with one attached hydrogen (secondary N) is 1. The Morgan fingerprint density at radius 3 is 2.54 bits per heavy atom. The van der Waals surface area contributed by atoms with Gasteiger partial charge in [0, 0.05) is 10.0 Å². The summed E-state index contributed by atoms with van der Waals surface area (Å²) in [5, 5.41) is 8.79. The summed E-state index contributed by atoms with van der Waals surface area (Å²) in [4.78, 5) is 13.5. The lowest BCUT2D eigenvalue weighted by atomic mass is 10.1. The largest absolute Gasteiger partial charge is 1.00 e. The van der Waals surface area contributed by atoms with Crippen LogP contribution in [-0.4, -0.2) is 37.4 Å². The molecule has 1 rings (SSSR count). The summed E-state index contributed by atoms with van der Waals surface area (Å²) in [5.41, 5.74) is 8.29. The Labute approximate surface area is 171 Å². The summed E-state index contributed by atoms with van der Waals surface area (Å²) in [6.45, 7) is 7.13. The first-order valence-electron chi connectivity index (χ1n) is 9.22. The van der Waals surface area contributed by atoms with E-state index in [0.717, 1.165) is 25.2 Å². The predicted molar refractivity (Wildman–Crippen MR) is 105 cm³/mol. The van der Waals surface area contributed by atoms with Gasteiger partial charge < -0.3 is 32.9 Å². The summed E-state index contributed by atoms with van der Waals surface area (Å²) >= 11 is 3.43. The molecular weight excluding hydrogens is 420 g/mol. The molecule has 0 amide bonds. The molecule has 7 heteroatoms. The minimum atomic E-state index is -0.436. The van der Waals surface area contributed by atoms with E-state index in [-0.39, 0.29) is 25.6 Å². The van der Waals surface area contributed by atoms with Gasteiger partial charge in [-0.2, -0.15) is 0 Å². The zero-order chi connectivity index (χ0) is 18.7. The summed E-state index contributed by atoms with van der Waals surface area (Å²) in [7, 11) is 0. The normalized spacial score (nSPS) is 11.7. The van der Waals surface area contributed by atoms with Gasteiger partial charge in [0.2, 0.25) is 0 Å². The number of nitrogens with two attached hydrogens (primary N) is 1. The van der Waals surface area contributed by atoms with Gasteiger partial charge in [-0.1, -0.05) is 26.2 Å². The molecular formula is C19H32BrClN2O3. The van der Waals surface area contributed by atoms with E-state index in [4.69, 9.17) is 15.6 Å². The highest BCUT2D eigenvalue weighted by Gasteiger charge is 2.16. The fourth-order valence-corrected chi connectivity index (χ4v) is 3.30. The number of hydrogen-bond donors (Lipinski definition) is 3. The third kappa shape index (κ3) is 8.71. The van der Waals surface area contributed by atoms with E-state index < -0.39 is 5.97 Å². The molecule has 0 saturated carbocycles. The fraction of sp³-hybridized carbons (Fsp3) is 0.632. The van der Waals surface area contributed by atoms with Crippen LogP contribution in [0.3, 0.4) is 0 Å². The SMILES string of the molecule is CCCCCCC[NH+](CC)Cc1cc(C(=O)OCCO)cc(Br)c1N.[Cl-]. The molecule has 0 aliphatic rings. The van der Waals surface area contributed by atoms with Gasteiger partial charge in [-0.15, -0.1) is 0 Å². The highest BCUT2D eigenvalue weighted by Crippen LogP contribution is 2.25. The van der Waals surface area contributed by atoms with Crippen molar-refractivity contribution in [3.63, 3.8) is 0 Å². The minimum absolute atomic E-state index is 0. The number of aliphatic hydroxyl groups excluding tert-OH is 1. The second-order valence-electron chi connectivity index (χ2n) is 6.33. The molecule has 0 spiro atoms. The molecule has 0 radical (unpaired) electrons. The minimum Gasteiger partial charge on any atom is -1.00 e. The molecule has 0 fully saturated rings. The topological polar surface area (TPSA) is 77.0 Å². The number of unbranched alkanes of at least 4 members (excludes halogenated alkanes) is 4. The second-order valence-corrected chi connectivity index (χ2v) is 7.19. The van der Waals surface area contributed by atoms with Gasteiger partial charge in [0.05, 0.1) is 30.9 Å². The Morgan fingerprint density at radius 2 is 1.92 bits per heavy atom. The Kier molecular flexibility index (Phi) is 13.8. The van der Waals surface area contributed by atoms with Gasteiger partial charge >= 0.3 is 5.97 Å². The summed E-state index contributed by atoms with van der Waals surface area (Å²) in [6, 6.07) is 3.49. The molecule has 1 atom stereocenters. The van der Waals surface area contributed by atoms with Crippen molar-refractivity contribution in [1.82, 2.24) is 0 Å². The van der Waals surface area contributed by atoms with E-state index in [0.29, 0.717) is 15.7 Å². The number of anilines is 1. The summed E-state index contributed by atoms with van der Waals surface area (Å²) in [6.07, 6.45) is 6.34. The van der Waals surface area contributed by atoms with Crippen LogP contribution in [0.2, 0.25) is 0 Å². The first-order valence-corrected chi connectivity index (χ1v) is 10.0. The lowest BCUT2D eigenvalue weighted by Gasteiger charge is -2.19. The Morgan fingerprint density at radius 1 is 1.23 bits per heavy atom. The predicted octanol–water partition coefficient (Wildman–Crippen LogP) is -0.440. The molecule has 1 aromatic carbocycles. The van der Waals surface area contributed by atoms with Gasteiger partial charge in [-0.3, -0.25) is 0 Å². The molecule has 1 unspecified atom stereocenters. The number of aliphatic hydroxyl groups is 1. The van der Waals surface area contributed by atoms with E-state index in [1.54, 1.807) is 6.07 Å². The zero-order valence-electron chi connectivity index (χ0n) is 15.8. The smallest absolute Gasteiger partial charge is 0.338 e. The van der Waals surface area contributed by atoms with E-state index in [1.165, 1.54) is 37.0 Å². The standard InChI is InChI=1S/C19H31BrN2O3.ClH/c1-3-5-6-7-8-9-22(4-2)14-16-12-15(13-17(20)18(16)21)19(24)25-11-10-23;/h12-13,23H,3-11,14,21H2,1-2H3;1H. The number of carbonyl (C=O) groups excluding carboxylic acids is 1. The average Bonchev–Trinajstić information content (AvgIpc) is 2.61. The monoisotopic (exact) mass is 450 g/mol. The van der Waals surface area contributed by atoms with Crippen LogP contribution in [-0.2, 0) is 11.3 Å². The maximum absolute atomic E-state index is 12.0. The van der Waals surface area contributed by atoms with Gasteiger partial charge in [0.1, 0.15) is 13.2 Å². The fourth-order valence-electron chi connectivity index (χ4n) is 2.80. The number of ether oxygens (including phenoxy) is 1. The molecule has 0 aliphatic heterocycles. The molecule has 5 nitrogen and oxygen atoms in total. The molecule has 0 bridgehead atoms. The number of carbonyl (C=O) groups is 1. The number of esters is 1. The highest BCUT2D eigenvalue weighted by atomic mass is 79.9. The number of hydrogen-bond acceptors (Lipinski definition) is 4. The Bertz CT molecular complexity index is 544. The molecule has 26 heavy (non-hydrogen) atoms. The van der Waals surface area contributed by atoms with Crippen LogP contribution in [0, 0.1) is 0 Å². The number of halogens is 2. The van der Waals surface area contributed by atoms with Crippen LogP contribution in [0.25, 0.3) is 0 Å². The van der Waals surface area contributed by atoms with Crippen LogP contribution >= 0.6 is 15.9 Å². The first-order chi connectivity index (χ1) is 12.0. The quantitative estimate of drug-likeness (QED) is 0.229. The number of benzene rings is 1. The van der Waals surface area contributed by atoms with E-state index in [2.05, 4.69) is 29.8 Å². The molecule has 0 saturated heterocycles. The van der Waals surface area contributed by atoms with Crippen molar-refractivity contribution in [3.05, 3.63) is 27.7 Å². The van der Waals surface area contributed by atoms with Crippen LogP contribution in [0.5, 0.6) is 0 Å². The molecule has 0 heterocycles. The lowest BCUT2D eigenvalue weighted by Crippen LogP contribution is -3.10. The van der Waals surface area contributed by atoms with Gasteiger partial charge in [0.25, 0.3) is 0 Å².